The Morgan fingerprint density at radius 1 is 1.19 bits per heavy atom. The molecule has 1 aliphatic heterocycles. The van der Waals surface area contributed by atoms with Crippen LogP contribution in [0.1, 0.15) is 18.1 Å². The molecule has 1 fully saturated rings. The van der Waals surface area contributed by atoms with Gasteiger partial charge < -0.3 is 10.0 Å². The summed E-state index contributed by atoms with van der Waals surface area (Å²) in [5, 5.41) is 12.0. The van der Waals surface area contributed by atoms with Gasteiger partial charge in [0.1, 0.15) is 0 Å². The van der Waals surface area contributed by atoms with Crippen molar-refractivity contribution in [1.82, 2.24) is 14.8 Å². The Kier molecular flexibility index (Phi) is 4.19. The number of aliphatic hydroxyl groups is 1. The standard InChI is InChI=1S/C17H23N3O/c1-19-10-5-11-20(2)15(12-19)17(21)14-8-3-6-13-7-4-9-18-16(13)14/h3-4,6-9,15,17,21H,5,10-12H2,1-2H3. The van der Waals surface area contributed by atoms with Crippen LogP contribution in [0.15, 0.2) is 36.5 Å². The first kappa shape index (κ1) is 14.4. The molecule has 0 bridgehead atoms. The number of hydrogen-bond acceptors (Lipinski definition) is 4. The summed E-state index contributed by atoms with van der Waals surface area (Å²) in [7, 11) is 4.23. The van der Waals surface area contributed by atoms with Crippen LogP contribution < -0.4 is 0 Å². The molecule has 2 aromatic rings. The number of likely N-dealkylation sites (N-methyl/N-ethyl adjacent to an activating group) is 2. The van der Waals surface area contributed by atoms with E-state index in [9.17, 15) is 5.11 Å². The number of nitrogens with zero attached hydrogens (tertiary/aromatic N) is 3. The van der Waals surface area contributed by atoms with Crippen molar-refractivity contribution in [2.24, 2.45) is 0 Å². The number of rotatable bonds is 2. The lowest BCUT2D eigenvalue weighted by Gasteiger charge is -2.32. The van der Waals surface area contributed by atoms with Crippen molar-refractivity contribution in [3.63, 3.8) is 0 Å². The average Bonchev–Trinajstić information content (AvgIpc) is 2.67. The van der Waals surface area contributed by atoms with Crippen molar-refractivity contribution in [2.45, 2.75) is 18.6 Å². The number of aromatic nitrogens is 1. The summed E-state index contributed by atoms with van der Waals surface area (Å²) in [5.41, 5.74) is 1.84. The molecule has 0 saturated carbocycles. The molecule has 21 heavy (non-hydrogen) atoms. The zero-order valence-corrected chi connectivity index (χ0v) is 12.7. The molecule has 112 valence electrons. The maximum Gasteiger partial charge on any atom is 0.0978 e. The molecule has 3 rings (SSSR count). The van der Waals surface area contributed by atoms with Gasteiger partial charge in [-0.05, 0) is 39.7 Å². The van der Waals surface area contributed by atoms with Crippen LogP contribution in [0.4, 0.5) is 0 Å². The number of fused-ring (bicyclic) bond motifs is 1. The van der Waals surface area contributed by atoms with Crippen LogP contribution in [0.5, 0.6) is 0 Å². The van der Waals surface area contributed by atoms with E-state index in [1.165, 1.54) is 0 Å². The van der Waals surface area contributed by atoms with E-state index in [4.69, 9.17) is 0 Å². The van der Waals surface area contributed by atoms with Crippen molar-refractivity contribution in [2.75, 3.05) is 33.7 Å². The van der Waals surface area contributed by atoms with Crippen LogP contribution in [-0.4, -0.2) is 59.7 Å². The lowest BCUT2D eigenvalue weighted by molar-refractivity contribution is 0.0581. The fourth-order valence-electron chi connectivity index (χ4n) is 3.22. The molecule has 1 saturated heterocycles. The fraction of sp³-hybridized carbons (Fsp3) is 0.471. The first-order chi connectivity index (χ1) is 10.2. The van der Waals surface area contributed by atoms with Gasteiger partial charge in [-0.2, -0.15) is 0 Å². The molecular formula is C17H23N3O. The van der Waals surface area contributed by atoms with Crippen molar-refractivity contribution in [3.05, 3.63) is 42.1 Å². The topological polar surface area (TPSA) is 39.6 Å². The largest absolute Gasteiger partial charge is 0.387 e. The summed E-state index contributed by atoms with van der Waals surface area (Å²) < 4.78 is 0. The minimum atomic E-state index is -0.519. The molecule has 4 heteroatoms. The SMILES string of the molecule is CN1CCCN(C)C(C(O)c2cccc3cccnc23)C1. The van der Waals surface area contributed by atoms with Crippen LogP contribution in [0, 0.1) is 0 Å². The Hall–Kier alpha value is -1.49. The molecular weight excluding hydrogens is 262 g/mol. The summed E-state index contributed by atoms with van der Waals surface area (Å²) in [4.78, 5) is 9.05. The van der Waals surface area contributed by atoms with Crippen LogP contribution in [0.3, 0.4) is 0 Å². The molecule has 0 spiro atoms. The highest BCUT2D eigenvalue weighted by atomic mass is 16.3. The van der Waals surface area contributed by atoms with Gasteiger partial charge in [0.2, 0.25) is 0 Å². The maximum atomic E-state index is 10.9. The molecule has 2 atom stereocenters. The normalized spacial score (nSPS) is 23.1. The molecule has 1 aromatic heterocycles. The molecule has 1 aliphatic rings. The van der Waals surface area contributed by atoms with Gasteiger partial charge in [-0.3, -0.25) is 9.88 Å². The monoisotopic (exact) mass is 285 g/mol. The summed E-state index contributed by atoms with van der Waals surface area (Å²) in [6.07, 6.45) is 2.42. The number of aliphatic hydroxyl groups excluding tert-OH is 1. The van der Waals surface area contributed by atoms with E-state index in [0.29, 0.717) is 0 Å². The minimum Gasteiger partial charge on any atom is -0.387 e. The zero-order valence-electron chi connectivity index (χ0n) is 12.7. The molecule has 0 radical (unpaired) electrons. The second-order valence-electron chi connectivity index (χ2n) is 6.03. The third-order valence-corrected chi connectivity index (χ3v) is 4.46. The van der Waals surface area contributed by atoms with Gasteiger partial charge in [-0.1, -0.05) is 24.3 Å². The number of para-hydroxylation sites is 1. The van der Waals surface area contributed by atoms with Gasteiger partial charge in [-0.25, -0.2) is 0 Å². The minimum absolute atomic E-state index is 0.102. The smallest absolute Gasteiger partial charge is 0.0978 e. The van der Waals surface area contributed by atoms with Crippen molar-refractivity contribution in [3.8, 4) is 0 Å². The molecule has 0 amide bonds. The summed E-state index contributed by atoms with van der Waals surface area (Å²) in [6.45, 7) is 2.98. The van der Waals surface area contributed by atoms with Gasteiger partial charge in [0.25, 0.3) is 0 Å². The molecule has 2 unspecified atom stereocenters. The van der Waals surface area contributed by atoms with Gasteiger partial charge >= 0.3 is 0 Å². The Labute approximate surface area is 126 Å². The first-order valence-corrected chi connectivity index (χ1v) is 7.57. The lowest BCUT2D eigenvalue weighted by Crippen LogP contribution is -2.42. The predicted octanol–water partition coefficient (Wildman–Crippen LogP) is 1.90. The van der Waals surface area contributed by atoms with Gasteiger partial charge in [0.05, 0.1) is 17.7 Å². The van der Waals surface area contributed by atoms with Crippen molar-refractivity contribution < 1.29 is 5.11 Å². The Balaban J connectivity index is 1.97. The van der Waals surface area contributed by atoms with E-state index < -0.39 is 6.10 Å². The first-order valence-electron chi connectivity index (χ1n) is 7.57. The highest BCUT2D eigenvalue weighted by Crippen LogP contribution is 2.28. The third-order valence-electron chi connectivity index (χ3n) is 4.46. The second kappa shape index (κ2) is 6.10. The highest BCUT2D eigenvalue weighted by Gasteiger charge is 2.29. The Morgan fingerprint density at radius 3 is 2.86 bits per heavy atom. The maximum absolute atomic E-state index is 10.9. The van der Waals surface area contributed by atoms with Crippen LogP contribution >= 0.6 is 0 Å². The van der Waals surface area contributed by atoms with Gasteiger partial charge in [-0.15, -0.1) is 0 Å². The quantitative estimate of drug-likeness (QED) is 0.915. The molecule has 1 aromatic carbocycles. The van der Waals surface area contributed by atoms with E-state index in [1.54, 1.807) is 6.20 Å². The van der Waals surface area contributed by atoms with Crippen LogP contribution in [-0.2, 0) is 0 Å². The Morgan fingerprint density at radius 2 is 2.00 bits per heavy atom. The van der Waals surface area contributed by atoms with Crippen LogP contribution in [0.25, 0.3) is 10.9 Å². The fourth-order valence-corrected chi connectivity index (χ4v) is 3.22. The van der Waals surface area contributed by atoms with E-state index >= 15 is 0 Å². The predicted molar refractivity (Wildman–Crippen MR) is 85.2 cm³/mol. The summed E-state index contributed by atoms with van der Waals surface area (Å²) in [5.74, 6) is 0. The number of hydrogen-bond donors (Lipinski definition) is 1. The van der Waals surface area contributed by atoms with E-state index in [0.717, 1.165) is 42.5 Å². The summed E-state index contributed by atoms with van der Waals surface area (Å²) in [6, 6.07) is 10.1. The Bertz CT molecular complexity index is 611. The lowest BCUT2D eigenvalue weighted by atomic mass is 9.98. The number of benzene rings is 1. The van der Waals surface area contributed by atoms with Gasteiger partial charge in [0, 0.05) is 23.7 Å². The molecule has 0 aliphatic carbocycles. The third kappa shape index (κ3) is 2.93. The highest BCUT2D eigenvalue weighted by molar-refractivity contribution is 5.81. The van der Waals surface area contributed by atoms with Crippen LogP contribution in [0.2, 0.25) is 0 Å². The number of pyridine rings is 1. The molecule has 4 nitrogen and oxygen atoms in total. The van der Waals surface area contributed by atoms with E-state index in [-0.39, 0.29) is 6.04 Å². The van der Waals surface area contributed by atoms with Gasteiger partial charge in [0.15, 0.2) is 0 Å². The molecule has 2 heterocycles. The second-order valence-corrected chi connectivity index (χ2v) is 6.03. The van der Waals surface area contributed by atoms with Crippen molar-refractivity contribution in [1.29, 1.82) is 0 Å². The zero-order chi connectivity index (χ0) is 14.8. The summed E-state index contributed by atoms with van der Waals surface area (Å²) >= 11 is 0. The van der Waals surface area contributed by atoms with E-state index in [2.05, 4.69) is 28.9 Å². The van der Waals surface area contributed by atoms with E-state index in [1.807, 2.05) is 30.3 Å². The average molecular weight is 285 g/mol. The molecule has 1 N–H and O–H groups in total. The van der Waals surface area contributed by atoms with Crippen molar-refractivity contribution >= 4 is 10.9 Å².